The number of carbonyl (C=O) groups is 1. The lowest BCUT2D eigenvalue weighted by molar-refractivity contribution is -0.920. The van der Waals surface area contributed by atoms with Gasteiger partial charge in [0.25, 0.3) is 5.91 Å². The van der Waals surface area contributed by atoms with Gasteiger partial charge in [-0.3, -0.25) is 4.79 Å². The first-order valence-corrected chi connectivity index (χ1v) is 10.7. The molecule has 1 unspecified atom stereocenters. The van der Waals surface area contributed by atoms with Gasteiger partial charge >= 0.3 is 0 Å². The SMILES string of the molecule is C[C@H]1CCCC[NH+]1CC(=O)Nc1cccc(S(=O)(=O)N2CCCC2)c1. The lowest BCUT2D eigenvalue weighted by Crippen LogP contribution is -3.17. The normalized spacial score (nSPS) is 25.0. The third kappa shape index (κ3) is 4.40. The summed E-state index contributed by atoms with van der Waals surface area (Å²) in [5.74, 6) is -0.0560. The fourth-order valence-corrected chi connectivity index (χ4v) is 5.30. The summed E-state index contributed by atoms with van der Waals surface area (Å²) in [6, 6.07) is 7.11. The topological polar surface area (TPSA) is 70.9 Å². The van der Waals surface area contributed by atoms with Crippen molar-refractivity contribution in [2.24, 2.45) is 0 Å². The summed E-state index contributed by atoms with van der Waals surface area (Å²) in [5.41, 5.74) is 0.550. The summed E-state index contributed by atoms with van der Waals surface area (Å²) >= 11 is 0. The molecular weight excluding hydrogens is 338 g/mol. The Kier molecular flexibility index (Phi) is 5.76. The van der Waals surface area contributed by atoms with Crippen LogP contribution in [-0.4, -0.2) is 50.9 Å². The fraction of sp³-hybridized carbons (Fsp3) is 0.611. The molecule has 1 aromatic carbocycles. The largest absolute Gasteiger partial charge is 0.325 e. The number of nitrogens with one attached hydrogen (secondary N) is 2. The van der Waals surface area contributed by atoms with Gasteiger partial charge in [-0.2, -0.15) is 4.31 Å². The average molecular weight is 367 g/mol. The maximum absolute atomic E-state index is 12.6. The van der Waals surface area contributed by atoms with Gasteiger partial charge in [0.2, 0.25) is 10.0 Å². The number of hydrogen-bond acceptors (Lipinski definition) is 3. The molecule has 3 rings (SSSR count). The molecule has 0 saturated carbocycles. The highest BCUT2D eigenvalue weighted by atomic mass is 32.2. The highest BCUT2D eigenvalue weighted by Crippen LogP contribution is 2.23. The Bertz CT molecular complexity index is 714. The zero-order valence-electron chi connectivity index (χ0n) is 14.8. The standard InChI is InChI=1S/C18H27N3O3S/c1-15-7-2-3-10-20(15)14-18(22)19-16-8-6-9-17(13-16)25(23,24)21-11-4-5-12-21/h6,8-9,13,15H,2-5,7,10-12,14H2,1H3,(H,19,22)/p+1/t15-/m0/s1. The van der Waals surface area contributed by atoms with Crippen LogP contribution in [0.2, 0.25) is 0 Å². The quantitative estimate of drug-likeness (QED) is 0.812. The number of benzene rings is 1. The zero-order valence-corrected chi connectivity index (χ0v) is 15.6. The van der Waals surface area contributed by atoms with Crippen molar-refractivity contribution < 1.29 is 18.1 Å². The number of rotatable bonds is 5. The molecular formula is C18H28N3O3S+. The first-order valence-electron chi connectivity index (χ1n) is 9.21. The fourth-order valence-electron chi connectivity index (χ4n) is 3.74. The predicted octanol–water partition coefficient (Wildman–Crippen LogP) is 0.867. The molecule has 0 radical (unpaired) electrons. The van der Waals surface area contributed by atoms with Gasteiger partial charge in [-0.1, -0.05) is 6.07 Å². The van der Waals surface area contributed by atoms with Gasteiger partial charge < -0.3 is 10.2 Å². The van der Waals surface area contributed by atoms with Gasteiger partial charge in [-0.15, -0.1) is 0 Å². The van der Waals surface area contributed by atoms with Gasteiger partial charge in [0.1, 0.15) is 0 Å². The Morgan fingerprint density at radius 3 is 2.72 bits per heavy atom. The van der Waals surface area contributed by atoms with E-state index in [4.69, 9.17) is 0 Å². The third-order valence-corrected chi connectivity index (χ3v) is 7.18. The molecule has 25 heavy (non-hydrogen) atoms. The molecule has 2 N–H and O–H groups in total. The van der Waals surface area contributed by atoms with E-state index in [2.05, 4.69) is 12.2 Å². The number of piperidine rings is 1. The maximum Gasteiger partial charge on any atom is 0.279 e. The van der Waals surface area contributed by atoms with Crippen LogP contribution in [0.15, 0.2) is 29.2 Å². The van der Waals surface area contributed by atoms with Crippen LogP contribution in [0.4, 0.5) is 5.69 Å². The number of sulfonamides is 1. The van der Waals surface area contributed by atoms with E-state index in [0.717, 1.165) is 32.2 Å². The molecule has 1 amide bonds. The maximum atomic E-state index is 12.6. The summed E-state index contributed by atoms with van der Waals surface area (Å²) < 4.78 is 26.8. The molecule has 0 spiro atoms. The van der Waals surface area contributed by atoms with Crippen molar-refractivity contribution in [3.05, 3.63) is 24.3 Å². The molecule has 0 aromatic heterocycles. The minimum absolute atomic E-state index is 0.0560. The summed E-state index contributed by atoms with van der Waals surface area (Å²) in [6.45, 7) is 4.80. The minimum Gasteiger partial charge on any atom is -0.325 e. The van der Waals surface area contributed by atoms with Crippen LogP contribution >= 0.6 is 0 Å². The van der Waals surface area contributed by atoms with E-state index < -0.39 is 10.0 Å². The second-order valence-corrected chi connectivity index (χ2v) is 9.11. The minimum atomic E-state index is -3.46. The van der Waals surface area contributed by atoms with Crippen LogP contribution in [0.3, 0.4) is 0 Å². The smallest absolute Gasteiger partial charge is 0.279 e. The summed E-state index contributed by atoms with van der Waals surface area (Å²) in [5, 5.41) is 2.87. The van der Waals surface area contributed by atoms with E-state index in [-0.39, 0.29) is 10.8 Å². The molecule has 2 fully saturated rings. The molecule has 2 saturated heterocycles. The van der Waals surface area contributed by atoms with E-state index >= 15 is 0 Å². The van der Waals surface area contributed by atoms with Crippen molar-refractivity contribution >= 4 is 21.6 Å². The van der Waals surface area contributed by atoms with E-state index in [9.17, 15) is 13.2 Å². The molecule has 2 heterocycles. The van der Waals surface area contributed by atoms with Crippen molar-refractivity contribution in [1.82, 2.24) is 4.31 Å². The van der Waals surface area contributed by atoms with Crippen molar-refractivity contribution in [2.75, 3.05) is 31.5 Å². The Morgan fingerprint density at radius 1 is 1.24 bits per heavy atom. The summed E-state index contributed by atoms with van der Waals surface area (Å²) in [7, 11) is -3.46. The monoisotopic (exact) mass is 366 g/mol. The van der Waals surface area contributed by atoms with Crippen LogP contribution in [0.25, 0.3) is 0 Å². The molecule has 2 aliphatic rings. The van der Waals surface area contributed by atoms with Crippen molar-refractivity contribution in [3.63, 3.8) is 0 Å². The van der Waals surface area contributed by atoms with Crippen molar-refractivity contribution in [2.45, 2.75) is 50.0 Å². The number of nitrogens with zero attached hydrogens (tertiary/aromatic N) is 1. The second kappa shape index (κ2) is 7.85. The molecule has 6 nitrogen and oxygen atoms in total. The van der Waals surface area contributed by atoms with Gasteiger partial charge in [-0.05, 0) is 57.2 Å². The molecule has 7 heteroatoms. The lowest BCUT2D eigenvalue weighted by atomic mass is 10.0. The Morgan fingerprint density at radius 2 is 2.00 bits per heavy atom. The zero-order chi connectivity index (χ0) is 17.9. The highest BCUT2D eigenvalue weighted by Gasteiger charge is 2.28. The van der Waals surface area contributed by atoms with Crippen LogP contribution in [0.5, 0.6) is 0 Å². The van der Waals surface area contributed by atoms with Gasteiger partial charge in [0.15, 0.2) is 6.54 Å². The number of hydrogen-bond donors (Lipinski definition) is 2. The molecule has 1 aromatic rings. The number of amides is 1. The van der Waals surface area contributed by atoms with Gasteiger partial charge in [-0.25, -0.2) is 8.42 Å². The first-order chi connectivity index (χ1) is 12.0. The molecule has 2 atom stereocenters. The molecule has 2 aliphatic heterocycles. The van der Waals surface area contributed by atoms with Crippen LogP contribution in [-0.2, 0) is 14.8 Å². The molecule has 0 aliphatic carbocycles. The number of quaternary nitrogens is 1. The van der Waals surface area contributed by atoms with Gasteiger partial charge in [0.05, 0.1) is 17.5 Å². The van der Waals surface area contributed by atoms with E-state index in [1.807, 2.05) is 0 Å². The average Bonchev–Trinajstić information content (AvgIpc) is 3.12. The van der Waals surface area contributed by atoms with Gasteiger partial charge in [0, 0.05) is 18.8 Å². The van der Waals surface area contributed by atoms with Crippen molar-refractivity contribution in [1.29, 1.82) is 0 Å². The predicted molar refractivity (Wildman–Crippen MR) is 97.1 cm³/mol. The van der Waals surface area contributed by atoms with Crippen molar-refractivity contribution in [3.8, 4) is 0 Å². The van der Waals surface area contributed by atoms with Crippen LogP contribution in [0.1, 0.15) is 39.0 Å². The number of anilines is 1. The Hall–Kier alpha value is -1.44. The molecule has 0 bridgehead atoms. The third-order valence-electron chi connectivity index (χ3n) is 5.29. The van der Waals surface area contributed by atoms with Crippen LogP contribution < -0.4 is 10.2 Å². The number of carbonyl (C=O) groups excluding carboxylic acids is 1. The number of likely N-dealkylation sites (tertiary alicyclic amines) is 1. The lowest BCUT2D eigenvalue weighted by Gasteiger charge is -2.29. The molecule has 138 valence electrons. The highest BCUT2D eigenvalue weighted by molar-refractivity contribution is 7.89. The first kappa shape index (κ1) is 18.4. The van der Waals surface area contributed by atoms with Crippen LogP contribution in [0, 0.1) is 0 Å². The van der Waals surface area contributed by atoms with E-state index in [0.29, 0.717) is 31.4 Å². The summed E-state index contributed by atoms with van der Waals surface area (Å²) in [6.07, 6.45) is 5.38. The Balaban J connectivity index is 1.66. The summed E-state index contributed by atoms with van der Waals surface area (Å²) in [4.78, 5) is 13.9. The van der Waals surface area contributed by atoms with E-state index in [1.165, 1.54) is 15.6 Å². The van der Waals surface area contributed by atoms with E-state index in [1.54, 1.807) is 24.3 Å². The Labute approximate surface area is 150 Å². The second-order valence-electron chi connectivity index (χ2n) is 7.17.